The molecule has 0 aliphatic carbocycles. The summed E-state index contributed by atoms with van der Waals surface area (Å²) in [6.45, 7) is 2.00. The van der Waals surface area contributed by atoms with Gasteiger partial charge in [-0.15, -0.1) is 0 Å². The topological polar surface area (TPSA) is 122 Å². The molecular weight excluding hydrogens is 356 g/mol. The van der Waals surface area contributed by atoms with E-state index in [-0.39, 0.29) is 11.5 Å². The highest BCUT2D eigenvalue weighted by atomic mass is 16.2. The van der Waals surface area contributed by atoms with E-state index in [1.807, 2.05) is 31.2 Å². The summed E-state index contributed by atoms with van der Waals surface area (Å²) < 4.78 is 0. The fourth-order valence-corrected chi connectivity index (χ4v) is 2.49. The molecule has 5 N–H and O–H groups in total. The van der Waals surface area contributed by atoms with E-state index in [0.717, 1.165) is 11.3 Å². The van der Waals surface area contributed by atoms with Gasteiger partial charge in [-0.25, -0.2) is 4.98 Å². The molecule has 8 heteroatoms. The van der Waals surface area contributed by atoms with E-state index in [9.17, 15) is 9.59 Å². The summed E-state index contributed by atoms with van der Waals surface area (Å²) >= 11 is 0. The van der Waals surface area contributed by atoms with Crippen molar-refractivity contribution in [2.45, 2.75) is 6.92 Å². The summed E-state index contributed by atoms with van der Waals surface area (Å²) in [7, 11) is 1.53. The summed E-state index contributed by atoms with van der Waals surface area (Å²) in [6, 6.07) is 14.4. The molecule has 3 aromatic rings. The van der Waals surface area contributed by atoms with Crippen molar-refractivity contribution >= 4 is 35.0 Å². The third-order valence-electron chi connectivity index (χ3n) is 3.98. The van der Waals surface area contributed by atoms with E-state index in [2.05, 4.69) is 25.9 Å². The maximum absolute atomic E-state index is 12.2. The lowest BCUT2D eigenvalue weighted by Crippen LogP contribution is -2.20. The van der Waals surface area contributed by atoms with Crippen LogP contribution in [0.1, 0.15) is 26.3 Å². The zero-order valence-corrected chi connectivity index (χ0v) is 15.5. The standard InChI is InChI=1S/C20H20N6O2/c1-12-6-8-14(9-7-12)25-20-23-11-16(19(28)22-2)18(26-20)24-15-5-3-4-13(10-15)17(21)27/h3-11H,1-2H3,(H2,21,27)(H,22,28)(H2,23,24,25,26). The van der Waals surface area contributed by atoms with Crippen LogP contribution in [0.4, 0.5) is 23.1 Å². The maximum Gasteiger partial charge on any atom is 0.256 e. The second kappa shape index (κ2) is 8.17. The van der Waals surface area contributed by atoms with Crippen LogP contribution in [0.3, 0.4) is 0 Å². The number of aromatic nitrogens is 2. The van der Waals surface area contributed by atoms with Crippen LogP contribution in [-0.2, 0) is 0 Å². The SMILES string of the molecule is CNC(=O)c1cnc(Nc2ccc(C)cc2)nc1Nc1cccc(C(N)=O)c1. The number of hydrogen-bond donors (Lipinski definition) is 4. The van der Waals surface area contributed by atoms with Crippen LogP contribution in [0.2, 0.25) is 0 Å². The van der Waals surface area contributed by atoms with E-state index in [0.29, 0.717) is 23.0 Å². The Bertz CT molecular complexity index is 1020. The fourth-order valence-electron chi connectivity index (χ4n) is 2.49. The van der Waals surface area contributed by atoms with Gasteiger partial charge in [0.1, 0.15) is 11.4 Å². The number of hydrogen-bond acceptors (Lipinski definition) is 6. The second-order valence-corrected chi connectivity index (χ2v) is 6.10. The van der Waals surface area contributed by atoms with Gasteiger partial charge in [0.2, 0.25) is 11.9 Å². The van der Waals surface area contributed by atoms with Gasteiger partial charge in [-0.1, -0.05) is 23.8 Å². The molecule has 142 valence electrons. The Morgan fingerprint density at radius 3 is 2.43 bits per heavy atom. The molecule has 0 unspecified atom stereocenters. The molecule has 0 radical (unpaired) electrons. The number of primary amides is 1. The normalized spacial score (nSPS) is 10.2. The van der Waals surface area contributed by atoms with E-state index in [4.69, 9.17) is 5.73 Å². The molecule has 8 nitrogen and oxygen atoms in total. The molecular formula is C20H20N6O2. The number of rotatable bonds is 6. The fraction of sp³-hybridized carbons (Fsp3) is 0.100. The highest BCUT2D eigenvalue weighted by molar-refractivity contribution is 5.99. The van der Waals surface area contributed by atoms with Gasteiger partial charge in [0, 0.05) is 30.2 Å². The van der Waals surface area contributed by atoms with Crippen LogP contribution in [0, 0.1) is 6.92 Å². The number of aryl methyl sites for hydroxylation is 1. The zero-order chi connectivity index (χ0) is 20.1. The first-order chi connectivity index (χ1) is 13.5. The number of anilines is 4. The molecule has 2 aromatic carbocycles. The molecule has 28 heavy (non-hydrogen) atoms. The average molecular weight is 376 g/mol. The van der Waals surface area contributed by atoms with Crippen molar-refractivity contribution in [1.82, 2.24) is 15.3 Å². The van der Waals surface area contributed by atoms with Crippen molar-refractivity contribution in [3.05, 3.63) is 71.4 Å². The first kappa shape index (κ1) is 18.8. The van der Waals surface area contributed by atoms with Crippen LogP contribution < -0.4 is 21.7 Å². The third kappa shape index (κ3) is 4.42. The first-order valence-corrected chi connectivity index (χ1v) is 8.56. The number of nitrogens with zero attached hydrogens (tertiary/aromatic N) is 2. The van der Waals surface area contributed by atoms with Crippen LogP contribution in [0.5, 0.6) is 0 Å². The van der Waals surface area contributed by atoms with Gasteiger partial charge in [0.25, 0.3) is 5.91 Å². The lowest BCUT2D eigenvalue weighted by molar-refractivity contribution is 0.0961. The molecule has 2 amide bonds. The van der Waals surface area contributed by atoms with Gasteiger partial charge >= 0.3 is 0 Å². The van der Waals surface area contributed by atoms with E-state index < -0.39 is 5.91 Å². The Labute approximate surface area is 162 Å². The molecule has 0 aliphatic heterocycles. The van der Waals surface area contributed by atoms with E-state index in [1.165, 1.54) is 13.2 Å². The number of nitrogens with one attached hydrogen (secondary N) is 3. The molecule has 1 aromatic heterocycles. The molecule has 0 aliphatic rings. The predicted molar refractivity (Wildman–Crippen MR) is 108 cm³/mol. The number of benzene rings is 2. The monoisotopic (exact) mass is 376 g/mol. The van der Waals surface area contributed by atoms with Gasteiger partial charge in [-0.05, 0) is 37.3 Å². The number of amides is 2. The summed E-state index contributed by atoms with van der Waals surface area (Å²) in [5.74, 6) is -0.259. The molecule has 1 heterocycles. The molecule has 0 saturated carbocycles. The Kier molecular flexibility index (Phi) is 5.50. The highest BCUT2D eigenvalue weighted by Gasteiger charge is 2.15. The zero-order valence-electron chi connectivity index (χ0n) is 15.5. The van der Waals surface area contributed by atoms with Crippen molar-refractivity contribution in [2.24, 2.45) is 5.73 Å². The Morgan fingerprint density at radius 1 is 1.00 bits per heavy atom. The molecule has 0 spiro atoms. The van der Waals surface area contributed by atoms with Gasteiger partial charge < -0.3 is 21.7 Å². The van der Waals surface area contributed by atoms with E-state index in [1.54, 1.807) is 24.3 Å². The minimum atomic E-state index is -0.542. The molecule has 0 bridgehead atoms. The third-order valence-corrected chi connectivity index (χ3v) is 3.98. The lowest BCUT2D eigenvalue weighted by atomic mass is 10.2. The smallest absolute Gasteiger partial charge is 0.256 e. The van der Waals surface area contributed by atoms with E-state index >= 15 is 0 Å². The first-order valence-electron chi connectivity index (χ1n) is 8.56. The van der Waals surface area contributed by atoms with Crippen LogP contribution >= 0.6 is 0 Å². The predicted octanol–water partition coefficient (Wildman–Crippen LogP) is 2.73. The van der Waals surface area contributed by atoms with Gasteiger partial charge in [-0.2, -0.15) is 4.98 Å². The summed E-state index contributed by atoms with van der Waals surface area (Å²) in [6.07, 6.45) is 1.43. The highest BCUT2D eigenvalue weighted by Crippen LogP contribution is 2.22. The Morgan fingerprint density at radius 2 is 1.75 bits per heavy atom. The summed E-state index contributed by atoms with van der Waals surface area (Å²) in [4.78, 5) is 32.2. The number of nitrogens with two attached hydrogens (primary N) is 1. The molecule has 0 atom stereocenters. The maximum atomic E-state index is 12.2. The number of carbonyl (C=O) groups excluding carboxylic acids is 2. The molecule has 3 rings (SSSR count). The van der Waals surface area contributed by atoms with Gasteiger partial charge in [-0.3, -0.25) is 9.59 Å². The van der Waals surface area contributed by atoms with Crippen molar-refractivity contribution < 1.29 is 9.59 Å². The largest absolute Gasteiger partial charge is 0.366 e. The lowest BCUT2D eigenvalue weighted by Gasteiger charge is -2.13. The van der Waals surface area contributed by atoms with Crippen LogP contribution in [0.25, 0.3) is 0 Å². The van der Waals surface area contributed by atoms with Crippen LogP contribution in [-0.4, -0.2) is 28.8 Å². The quantitative estimate of drug-likeness (QED) is 0.525. The van der Waals surface area contributed by atoms with Crippen molar-refractivity contribution in [3.8, 4) is 0 Å². The van der Waals surface area contributed by atoms with Crippen molar-refractivity contribution in [1.29, 1.82) is 0 Å². The minimum absolute atomic E-state index is 0.265. The van der Waals surface area contributed by atoms with Crippen molar-refractivity contribution in [2.75, 3.05) is 17.7 Å². The second-order valence-electron chi connectivity index (χ2n) is 6.10. The molecule has 0 saturated heterocycles. The molecule has 0 fully saturated rings. The minimum Gasteiger partial charge on any atom is -0.366 e. The average Bonchev–Trinajstić information content (AvgIpc) is 2.69. The number of carbonyl (C=O) groups is 2. The Hall–Kier alpha value is -3.94. The van der Waals surface area contributed by atoms with Gasteiger partial charge in [0.15, 0.2) is 0 Å². The summed E-state index contributed by atoms with van der Waals surface area (Å²) in [5, 5.41) is 8.72. The van der Waals surface area contributed by atoms with Gasteiger partial charge in [0.05, 0.1) is 0 Å². The Balaban J connectivity index is 1.94. The van der Waals surface area contributed by atoms with Crippen LogP contribution in [0.15, 0.2) is 54.7 Å². The summed E-state index contributed by atoms with van der Waals surface area (Å²) in [5.41, 5.74) is 8.47. The van der Waals surface area contributed by atoms with Crippen molar-refractivity contribution in [3.63, 3.8) is 0 Å².